The third-order valence-electron chi connectivity index (χ3n) is 3.13. The molecule has 1 heterocycles. The van der Waals surface area contributed by atoms with Crippen molar-refractivity contribution in [2.24, 2.45) is 0 Å². The number of carboxylic acids is 1. The average Bonchev–Trinajstić information content (AvgIpc) is 2.83. The van der Waals surface area contributed by atoms with Gasteiger partial charge in [-0.25, -0.2) is 0 Å². The maximum absolute atomic E-state index is 10.4. The molecule has 0 bridgehead atoms. The first-order valence-electron chi connectivity index (χ1n) is 6.49. The molecule has 0 fully saturated rings. The fourth-order valence-corrected chi connectivity index (χ4v) is 2.01. The summed E-state index contributed by atoms with van der Waals surface area (Å²) in [6, 6.07) is 6.27. The van der Waals surface area contributed by atoms with E-state index in [1.54, 1.807) is 0 Å². The third-order valence-corrected chi connectivity index (χ3v) is 3.13. The van der Waals surface area contributed by atoms with Crippen molar-refractivity contribution in [2.75, 3.05) is 13.3 Å². The molecule has 19 heavy (non-hydrogen) atoms. The maximum Gasteiger partial charge on any atom is 0.304 e. The molecule has 1 atom stereocenters. The normalized spacial score (nSPS) is 14.4. The molecule has 1 aliphatic rings. The van der Waals surface area contributed by atoms with Crippen molar-refractivity contribution in [3.05, 3.63) is 23.8 Å². The zero-order valence-corrected chi connectivity index (χ0v) is 11.0. The summed E-state index contributed by atoms with van der Waals surface area (Å²) in [5.41, 5.74) is 1.20. The van der Waals surface area contributed by atoms with Gasteiger partial charge in [-0.3, -0.25) is 4.79 Å². The molecule has 1 aliphatic heterocycles. The van der Waals surface area contributed by atoms with E-state index < -0.39 is 5.97 Å². The number of rotatable bonds is 7. The summed E-state index contributed by atoms with van der Waals surface area (Å²) >= 11 is 0. The minimum atomic E-state index is -0.768. The highest BCUT2D eigenvalue weighted by Gasteiger charge is 2.13. The summed E-state index contributed by atoms with van der Waals surface area (Å²) in [5.74, 6) is 0.843. The molecular formula is C14H19NO4. The molecule has 5 nitrogen and oxygen atoms in total. The molecule has 1 unspecified atom stereocenters. The summed E-state index contributed by atoms with van der Waals surface area (Å²) in [7, 11) is 0. The fourth-order valence-electron chi connectivity index (χ4n) is 2.01. The van der Waals surface area contributed by atoms with Gasteiger partial charge in [-0.1, -0.05) is 6.07 Å². The Kier molecular flexibility index (Phi) is 4.63. The molecule has 5 heteroatoms. The summed E-state index contributed by atoms with van der Waals surface area (Å²) in [4.78, 5) is 10.4. The zero-order valence-electron chi connectivity index (χ0n) is 11.0. The predicted octanol–water partition coefficient (Wildman–Crippen LogP) is 1.80. The van der Waals surface area contributed by atoms with Crippen LogP contribution in [0.4, 0.5) is 0 Å². The molecule has 1 aromatic carbocycles. The second-order valence-electron chi connectivity index (χ2n) is 4.73. The van der Waals surface area contributed by atoms with Gasteiger partial charge in [-0.15, -0.1) is 0 Å². The summed E-state index contributed by atoms with van der Waals surface area (Å²) in [6.07, 6.45) is 2.05. The molecular weight excluding hydrogens is 246 g/mol. The minimum absolute atomic E-state index is 0.161. The predicted molar refractivity (Wildman–Crippen MR) is 70.6 cm³/mol. The summed E-state index contributed by atoms with van der Waals surface area (Å²) < 4.78 is 10.6. The highest BCUT2D eigenvalue weighted by Crippen LogP contribution is 2.32. The van der Waals surface area contributed by atoms with E-state index in [0.29, 0.717) is 19.4 Å². The molecule has 0 radical (unpaired) electrons. The summed E-state index contributed by atoms with van der Waals surface area (Å²) in [6.45, 7) is 2.87. The van der Waals surface area contributed by atoms with E-state index in [4.69, 9.17) is 14.6 Å². The van der Waals surface area contributed by atoms with Gasteiger partial charge in [0.2, 0.25) is 6.79 Å². The van der Waals surface area contributed by atoms with E-state index in [-0.39, 0.29) is 6.42 Å². The van der Waals surface area contributed by atoms with Crippen molar-refractivity contribution in [1.29, 1.82) is 0 Å². The molecule has 1 aromatic rings. The van der Waals surface area contributed by atoms with Crippen molar-refractivity contribution < 1.29 is 19.4 Å². The lowest BCUT2D eigenvalue weighted by Crippen LogP contribution is -2.28. The van der Waals surface area contributed by atoms with Gasteiger partial charge in [0.25, 0.3) is 0 Å². The quantitative estimate of drug-likeness (QED) is 0.787. The average molecular weight is 265 g/mol. The molecule has 0 saturated carbocycles. The largest absolute Gasteiger partial charge is 0.481 e. The topological polar surface area (TPSA) is 67.8 Å². The van der Waals surface area contributed by atoms with Crippen LogP contribution in [0.2, 0.25) is 0 Å². The van der Waals surface area contributed by atoms with Gasteiger partial charge in [-0.05, 0) is 37.5 Å². The van der Waals surface area contributed by atoms with Gasteiger partial charge < -0.3 is 19.9 Å². The van der Waals surface area contributed by atoms with Gasteiger partial charge in [-0.2, -0.15) is 0 Å². The fraction of sp³-hybridized carbons (Fsp3) is 0.500. The lowest BCUT2D eigenvalue weighted by Gasteiger charge is -2.13. The number of aryl methyl sites for hydroxylation is 1. The van der Waals surface area contributed by atoms with Crippen molar-refractivity contribution >= 4 is 5.97 Å². The van der Waals surface area contributed by atoms with E-state index in [1.165, 1.54) is 5.56 Å². The van der Waals surface area contributed by atoms with Gasteiger partial charge in [0, 0.05) is 12.6 Å². The molecule has 0 spiro atoms. The van der Waals surface area contributed by atoms with Crippen molar-refractivity contribution in [3.8, 4) is 11.5 Å². The van der Waals surface area contributed by atoms with Gasteiger partial charge in [0.1, 0.15) is 0 Å². The van der Waals surface area contributed by atoms with E-state index in [1.807, 2.05) is 18.2 Å². The first-order chi connectivity index (χ1) is 9.15. The number of hydrogen-bond donors (Lipinski definition) is 2. The number of carboxylic acid groups (broad SMARTS) is 1. The van der Waals surface area contributed by atoms with Crippen LogP contribution in [0, 0.1) is 0 Å². The lowest BCUT2D eigenvalue weighted by atomic mass is 10.1. The highest BCUT2D eigenvalue weighted by molar-refractivity contribution is 5.66. The Morgan fingerprint density at radius 1 is 1.42 bits per heavy atom. The Balaban J connectivity index is 1.74. The zero-order chi connectivity index (χ0) is 13.7. The standard InChI is InChI=1S/C14H19NO4/c1-10(15-7-6-14(16)17)2-3-11-4-5-12-13(8-11)19-9-18-12/h4-5,8,10,15H,2-3,6-7,9H2,1H3,(H,16,17). The number of benzene rings is 1. The Morgan fingerprint density at radius 2 is 2.21 bits per heavy atom. The van der Waals surface area contributed by atoms with Crippen LogP contribution in [-0.4, -0.2) is 30.5 Å². The molecule has 0 amide bonds. The second kappa shape index (κ2) is 6.43. The number of carbonyl (C=O) groups is 1. The van der Waals surface area contributed by atoms with Crippen LogP contribution >= 0.6 is 0 Å². The number of ether oxygens (including phenoxy) is 2. The van der Waals surface area contributed by atoms with Crippen molar-refractivity contribution in [2.45, 2.75) is 32.2 Å². The number of aliphatic carboxylic acids is 1. The van der Waals surface area contributed by atoms with Crippen LogP contribution in [-0.2, 0) is 11.2 Å². The highest BCUT2D eigenvalue weighted by atomic mass is 16.7. The van der Waals surface area contributed by atoms with E-state index in [0.717, 1.165) is 24.3 Å². The molecule has 2 N–H and O–H groups in total. The monoisotopic (exact) mass is 265 g/mol. The van der Waals surface area contributed by atoms with Crippen molar-refractivity contribution in [1.82, 2.24) is 5.32 Å². The van der Waals surface area contributed by atoms with Crippen LogP contribution < -0.4 is 14.8 Å². The SMILES string of the molecule is CC(CCc1ccc2c(c1)OCO2)NCCC(=O)O. The van der Waals surface area contributed by atoms with Gasteiger partial charge >= 0.3 is 5.97 Å². The van der Waals surface area contributed by atoms with Crippen LogP contribution in [0.25, 0.3) is 0 Å². The van der Waals surface area contributed by atoms with E-state index >= 15 is 0 Å². The molecule has 2 rings (SSSR count). The first kappa shape index (κ1) is 13.7. The molecule has 104 valence electrons. The van der Waals surface area contributed by atoms with Crippen LogP contribution in [0.15, 0.2) is 18.2 Å². The smallest absolute Gasteiger partial charge is 0.304 e. The Bertz CT molecular complexity index is 447. The number of hydrogen-bond acceptors (Lipinski definition) is 4. The first-order valence-corrected chi connectivity index (χ1v) is 6.49. The van der Waals surface area contributed by atoms with E-state index in [2.05, 4.69) is 12.2 Å². The maximum atomic E-state index is 10.4. The molecule has 0 aromatic heterocycles. The Morgan fingerprint density at radius 3 is 3.00 bits per heavy atom. The van der Waals surface area contributed by atoms with Gasteiger partial charge in [0.05, 0.1) is 6.42 Å². The van der Waals surface area contributed by atoms with E-state index in [9.17, 15) is 4.79 Å². The van der Waals surface area contributed by atoms with Crippen LogP contribution in [0.1, 0.15) is 25.3 Å². The number of fused-ring (bicyclic) bond motifs is 1. The van der Waals surface area contributed by atoms with Gasteiger partial charge in [0.15, 0.2) is 11.5 Å². The Hall–Kier alpha value is -1.75. The third kappa shape index (κ3) is 4.13. The van der Waals surface area contributed by atoms with Crippen LogP contribution in [0.3, 0.4) is 0 Å². The number of nitrogens with one attached hydrogen (secondary N) is 1. The Labute approximate surface area is 112 Å². The molecule has 0 aliphatic carbocycles. The van der Waals surface area contributed by atoms with Crippen molar-refractivity contribution in [3.63, 3.8) is 0 Å². The van der Waals surface area contributed by atoms with Crippen LogP contribution in [0.5, 0.6) is 11.5 Å². The lowest BCUT2D eigenvalue weighted by molar-refractivity contribution is -0.136. The minimum Gasteiger partial charge on any atom is -0.481 e. The second-order valence-corrected chi connectivity index (χ2v) is 4.73. The summed E-state index contributed by atoms with van der Waals surface area (Å²) in [5, 5.41) is 11.8. The molecule has 0 saturated heterocycles.